The lowest BCUT2D eigenvalue weighted by Gasteiger charge is -2.13. The third-order valence-electron chi connectivity index (χ3n) is 5.14. The number of nitrogens with zero attached hydrogens (tertiary/aromatic N) is 3. The van der Waals surface area contributed by atoms with E-state index in [1.165, 1.54) is 11.1 Å². The highest BCUT2D eigenvalue weighted by Crippen LogP contribution is 2.14. The van der Waals surface area contributed by atoms with E-state index < -0.39 is 0 Å². The number of para-hydroxylation sites is 2. The second-order valence-electron chi connectivity index (χ2n) is 7.61. The van der Waals surface area contributed by atoms with Crippen molar-refractivity contribution in [2.45, 2.75) is 32.9 Å². The molecule has 1 aromatic heterocycles. The van der Waals surface area contributed by atoms with Gasteiger partial charge in [0.15, 0.2) is 5.96 Å². The van der Waals surface area contributed by atoms with E-state index in [2.05, 4.69) is 62.4 Å². The molecule has 0 aliphatic carbocycles. The van der Waals surface area contributed by atoms with E-state index in [-0.39, 0.29) is 0 Å². The summed E-state index contributed by atoms with van der Waals surface area (Å²) in [4.78, 5) is 8.74. The monoisotopic (exact) mass is 437 g/mol. The number of hydrogen-bond donors (Lipinski definition) is 2. The van der Waals surface area contributed by atoms with Crippen LogP contribution in [0, 0.1) is 0 Å². The van der Waals surface area contributed by atoms with E-state index >= 15 is 0 Å². The Balaban J connectivity index is 1.35. The van der Waals surface area contributed by atoms with Crippen molar-refractivity contribution in [2.24, 2.45) is 4.99 Å². The first-order valence-electron chi connectivity index (χ1n) is 11.4. The molecule has 0 fully saturated rings. The van der Waals surface area contributed by atoms with E-state index in [0.717, 1.165) is 43.0 Å². The second-order valence-corrected chi connectivity index (χ2v) is 7.61. The van der Waals surface area contributed by atoms with E-state index in [4.69, 9.17) is 9.47 Å². The zero-order valence-electron chi connectivity index (χ0n) is 19.2. The van der Waals surface area contributed by atoms with Gasteiger partial charge in [-0.3, -0.25) is 4.99 Å². The Hall–Kier alpha value is -2.90. The van der Waals surface area contributed by atoms with Crippen LogP contribution in [0.25, 0.3) is 11.0 Å². The summed E-state index contributed by atoms with van der Waals surface area (Å²) in [5, 5.41) is 6.62. The number of rotatable bonds is 13. The zero-order chi connectivity index (χ0) is 22.4. The molecule has 0 amide bonds. The van der Waals surface area contributed by atoms with Crippen molar-refractivity contribution in [1.82, 2.24) is 20.2 Å². The summed E-state index contributed by atoms with van der Waals surface area (Å²) < 4.78 is 13.2. The predicted molar refractivity (Wildman–Crippen MR) is 130 cm³/mol. The maximum Gasteiger partial charge on any atom is 0.191 e. The fourth-order valence-corrected chi connectivity index (χ4v) is 3.31. The first-order valence-corrected chi connectivity index (χ1v) is 11.4. The summed E-state index contributed by atoms with van der Waals surface area (Å²) >= 11 is 0. The van der Waals surface area contributed by atoms with E-state index in [9.17, 15) is 0 Å². The van der Waals surface area contributed by atoms with E-state index in [1.807, 2.05) is 24.5 Å². The average Bonchev–Trinajstić information content (AvgIpc) is 3.23. The molecular formula is C25H35N5O2. The molecule has 0 aliphatic heterocycles. The summed E-state index contributed by atoms with van der Waals surface area (Å²) in [5.74, 6) is 0.766. The highest BCUT2D eigenvalue weighted by molar-refractivity contribution is 5.79. The van der Waals surface area contributed by atoms with Gasteiger partial charge in [-0.1, -0.05) is 49.7 Å². The van der Waals surface area contributed by atoms with Gasteiger partial charge in [-0.15, -0.1) is 0 Å². The summed E-state index contributed by atoms with van der Waals surface area (Å²) in [6, 6.07) is 16.8. The fraction of sp³-hybridized carbons (Fsp3) is 0.440. The maximum absolute atomic E-state index is 5.58. The fourth-order valence-electron chi connectivity index (χ4n) is 3.31. The summed E-state index contributed by atoms with van der Waals surface area (Å²) in [5.41, 5.74) is 4.63. The largest absolute Gasteiger partial charge is 0.379 e. The topological polar surface area (TPSA) is 72.7 Å². The van der Waals surface area contributed by atoms with Crippen LogP contribution in [-0.2, 0) is 22.6 Å². The van der Waals surface area contributed by atoms with Crippen LogP contribution in [-0.4, -0.2) is 55.5 Å². The number of guanidine groups is 1. The van der Waals surface area contributed by atoms with Crippen LogP contribution in [0.2, 0.25) is 0 Å². The Kier molecular flexibility index (Phi) is 10.0. The lowest BCUT2D eigenvalue weighted by Crippen LogP contribution is -2.38. The number of ether oxygens (including phenoxy) is 2. The number of fused-ring (bicyclic) bond motifs is 1. The van der Waals surface area contributed by atoms with Crippen LogP contribution in [0.4, 0.5) is 0 Å². The molecule has 3 rings (SSSR count). The van der Waals surface area contributed by atoms with Crippen molar-refractivity contribution in [3.05, 3.63) is 66.0 Å². The van der Waals surface area contributed by atoms with Crippen LogP contribution in [0.15, 0.2) is 59.9 Å². The highest BCUT2D eigenvalue weighted by Gasteiger charge is 2.03. The quantitative estimate of drug-likeness (QED) is 0.243. The summed E-state index contributed by atoms with van der Waals surface area (Å²) in [6.45, 7) is 7.09. The maximum atomic E-state index is 5.58. The molecule has 172 valence electrons. The smallest absolute Gasteiger partial charge is 0.191 e. The number of hydrogen-bond acceptors (Lipinski definition) is 4. The van der Waals surface area contributed by atoms with Gasteiger partial charge in [0.1, 0.15) is 0 Å². The van der Waals surface area contributed by atoms with E-state index in [0.29, 0.717) is 32.9 Å². The van der Waals surface area contributed by atoms with Crippen LogP contribution in [0.1, 0.15) is 30.9 Å². The lowest BCUT2D eigenvalue weighted by atomic mass is 10.1. The summed E-state index contributed by atoms with van der Waals surface area (Å²) in [7, 11) is 1.77. The van der Waals surface area contributed by atoms with E-state index in [1.54, 1.807) is 7.05 Å². The third-order valence-corrected chi connectivity index (χ3v) is 5.14. The SMILES string of the molecule is CCCCOCCOCCNC(=NC)NCc1ccc(Cn2cnc3ccccc32)cc1. The van der Waals surface area contributed by atoms with Gasteiger partial charge < -0.3 is 24.7 Å². The van der Waals surface area contributed by atoms with Crippen LogP contribution in [0.5, 0.6) is 0 Å². The van der Waals surface area contributed by atoms with Gasteiger partial charge in [-0.05, 0) is 29.7 Å². The Morgan fingerprint density at radius 3 is 2.47 bits per heavy atom. The molecule has 7 nitrogen and oxygen atoms in total. The Morgan fingerprint density at radius 1 is 0.938 bits per heavy atom. The van der Waals surface area contributed by atoms with Gasteiger partial charge in [-0.25, -0.2) is 4.98 Å². The van der Waals surface area contributed by atoms with Gasteiger partial charge in [-0.2, -0.15) is 0 Å². The lowest BCUT2D eigenvalue weighted by molar-refractivity contribution is 0.0487. The van der Waals surface area contributed by atoms with Crippen molar-refractivity contribution in [3.63, 3.8) is 0 Å². The molecule has 0 unspecified atom stereocenters. The van der Waals surface area contributed by atoms with Crippen molar-refractivity contribution in [1.29, 1.82) is 0 Å². The van der Waals surface area contributed by atoms with Crippen molar-refractivity contribution in [3.8, 4) is 0 Å². The summed E-state index contributed by atoms with van der Waals surface area (Å²) in [6.07, 6.45) is 4.16. The standard InChI is InChI=1S/C25H35N5O2/c1-3-4-14-31-16-17-32-15-13-27-25(26-2)28-18-21-9-11-22(12-10-21)19-30-20-29-23-7-5-6-8-24(23)30/h5-12,20H,3-4,13-19H2,1-2H3,(H2,26,27,28). The molecule has 0 bridgehead atoms. The third kappa shape index (κ3) is 7.66. The number of benzene rings is 2. The molecule has 0 spiro atoms. The number of nitrogens with one attached hydrogen (secondary N) is 2. The van der Waals surface area contributed by atoms with Gasteiger partial charge in [0.05, 0.1) is 37.2 Å². The average molecular weight is 438 g/mol. The van der Waals surface area contributed by atoms with Crippen LogP contribution in [0.3, 0.4) is 0 Å². The molecule has 32 heavy (non-hydrogen) atoms. The number of aromatic nitrogens is 2. The molecule has 1 heterocycles. The molecule has 0 radical (unpaired) electrons. The molecule has 0 atom stereocenters. The first kappa shape index (κ1) is 23.8. The van der Waals surface area contributed by atoms with Gasteiger partial charge >= 0.3 is 0 Å². The Bertz CT molecular complexity index is 952. The van der Waals surface area contributed by atoms with Crippen molar-refractivity contribution in [2.75, 3.05) is 40.0 Å². The highest BCUT2D eigenvalue weighted by atomic mass is 16.5. The van der Waals surface area contributed by atoms with Gasteiger partial charge in [0.2, 0.25) is 0 Å². The number of unbranched alkanes of at least 4 members (excludes halogenated alkanes) is 1. The molecule has 3 aromatic rings. The predicted octanol–water partition coefficient (Wildman–Crippen LogP) is 3.58. The molecule has 0 saturated carbocycles. The zero-order valence-corrected chi connectivity index (χ0v) is 19.2. The van der Waals surface area contributed by atoms with Crippen LogP contribution < -0.4 is 10.6 Å². The van der Waals surface area contributed by atoms with Crippen LogP contribution >= 0.6 is 0 Å². The Morgan fingerprint density at radius 2 is 1.69 bits per heavy atom. The minimum absolute atomic E-state index is 0.621. The van der Waals surface area contributed by atoms with Gasteiger partial charge in [0, 0.05) is 33.3 Å². The molecule has 2 N–H and O–H groups in total. The Labute approximate surface area is 190 Å². The minimum Gasteiger partial charge on any atom is -0.379 e. The van der Waals surface area contributed by atoms with Gasteiger partial charge in [0.25, 0.3) is 0 Å². The first-order chi connectivity index (χ1) is 15.8. The molecule has 2 aromatic carbocycles. The number of aliphatic imine (C=N–C) groups is 1. The number of imidazole rings is 1. The van der Waals surface area contributed by atoms with Crippen molar-refractivity contribution >= 4 is 17.0 Å². The normalized spacial score (nSPS) is 11.8. The molecule has 0 aliphatic rings. The molecular weight excluding hydrogens is 402 g/mol. The minimum atomic E-state index is 0.621. The molecule has 7 heteroatoms. The van der Waals surface area contributed by atoms with Crippen molar-refractivity contribution < 1.29 is 9.47 Å². The second kappa shape index (κ2) is 13.5. The molecule has 0 saturated heterocycles.